The molecule has 3 rings (SSSR count). The highest BCUT2D eigenvalue weighted by Gasteiger charge is 2.27. The third-order valence-corrected chi connectivity index (χ3v) is 3.98. The fraction of sp³-hybridized carbons (Fsp3) is 0.429. The molecule has 1 aliphatic heterocycles. The number of halogens is 1. The third-order valence-electron chi connectivity index (χ3n) is 3.54. The maximum atomic E-state index is 9.31. The lowest BCUT2D eigenvalue weighted by Gasteiger charge is -2.39. The van der Waals surface area contributed by atoms with Gasteiger partial charge in [0.25, 0.3) is 0 Å². The van der Waals surface area contributed by atoms with Crippen LogP contribution in [0.1, 0.15) is 6.92 Å². The first-order chi connectivity index (χ1) is 9.69. The number of ether oxygens (including phenoxy) is 1. The number of hydrogen-bond donors (Lipinski definition) is 1. The predicted octanol–water partition coefficient (Wildman–Crippen LogP) is 1.98. The van der Waals surface area contributed by atoms with Crippen LogP contribution in [0.25, 0.3) is 11.0 Å². The summed E-state index contributed by atoms with van der Waals surface area (Å²) < 4.78 is 6.50. The zero-order chi connectivity index (χ0) is 14.1. The molecule has 2 atom stereocenters. The molecular weight excluding hydrogens is 322 g/mol. The molecular formula is C14H16BrN3O2. The highest BCUT2D eigenvalue weighted by molar-refractivity contribution is 9.10. The number of anilines is 1. The number of hydrogen-bond acceptors (Lipinski definition) is 5. The first-order valence-corrected chi connectivity index (χ1v) is 7.37. The minimum atomic E-state index is -0.148. The van der Waals surface area contributed by atoms with Gasteiger partial charge in [0.15, 0.2) is 0 Å². The maximum absolute atomic E-state index is 9.31. The fourth-order valence-electron chi connectivity index (χ4n) is 2.49. The summed E-state index contributed by atoms with van der Waals surface area (Å²) in [5, 5.41) is 9.31. The molecule has 3 heterocycles. The Morgan fingerprint density at radius 2 is 2.35 bits per heavy atom. The summed E-state index contributed by atoms with van der Waals surface area (Å²) in [6, 6.07) is 4.17. The molecule has 106 valence electrons. The average Bonchev–Trinajstić information content (AvgIpc) is 2.47. The molecule has 20 heavy (non-hydrogen) atoms. The van der Waals surface area contributed by atoms with E-state index in [1.165, 1.54) is 0 Å². The van der Waals surface area contributed by atoms with Crippen LogP contribution in [0.15, 0.2) is 29.0 Å². The van der Waals surface area contributed by atoms with E-state index in [4.69, 9.17) is 4.74 Å². The second-order valence-electron chi connectivity index (χ2n) is 4.99. The minimum Gasteiger partial charge on any atom is -0.394 e. The smallest absolute Gasteiger partial charge is 0.112 e. The van der Waals surface area contributed by atoms with Crippen molar-refractivity contribution in [2.24, 2.45) is 0 Å². The van der Waals surface area contributed by atoms with Crippen molar-refractivity contribution in [2.75, 3.05) is 24.7 Å². The molecule has 6 heteroatoms. The molecule has 0 bridgehead atoms. The van der Waals surface area contributed by atoms with Crippen LogP contribution in [0.5, 0.6) is 0 Å². The second-order valence-corrected chi connectivity index (χ2v) is 5.91. The summed E-state index contributed by atoms with van der Waals surface area (Å²) in [7, 11) is 0. The number of aromatic nitrogens is 2. The van der Waals surface area contributed by atoms with Gasteiger partial charge in [0.05, 0.1) is 30.5 Å². The van der Waals surface area contributed by atoms with E-state index < -0.39 is 0 Å². The molecule has 0 spiro atoms. The molecule has 0 saturated carbocycles. The molecule has 0 aliphatic carbocycles. The van der Waals surface area contributed by atoms with Crippen molar-refractivity contribution in [1.82, 2.24) is 9.97 Å². The van der Waals surface area contributed by atoms with Crippen LogP contribution in [-0.4, -0.2) is 47.0 Å². The zero-order valence-electron chi connectivity index (χ0n) is 11.2. The van der Waals surface area contributed by atoms with E-state index in [0.717, 1.165) is 21.2 Å². The largest absolute Gasteiger partial charge is 0.394 e. The summed E-state index contributed by atoms with van der Waals surface area (Å²) in [5.41, 5.74) is 2.77. The van der Waals surface area contributed by atoms with Crippen LogP contribution in [0, 0.1) is 0 Å². The minimum absolute atomic E-state index is 0.0329. The molecule has 2 aromatic rings. The van der Waals surface area contributed by atoms with Gasteiger partial charge >= 0.3 is 0 Å². The Morgan fingerprint density at radius 3 is 3.15 bits per heavy atom. The van der Waals surface area contributed by atoms with Crippen molar-refractivity contribution in [3.63, 3.8) is 0 Å². The molecule has 0 aromatic carbocycles. The summed E-state index contributed by atoms with van der Waals surface area (Å²) in [5.74, 6) is 0. The Morgan fingerprint density at radius 1 is 1.50 bits per heavy atom. The van der Waals surface area contributed by atoms with E-state index in [0.29, 0.717) is 13.2 Å². The number of pyridine rings is 2. The van der Waals surface area contributed by atoms with Gasteiger partial charge in [-0.1, -0.05) is 0 Å². The van der Waals surface area contributed by atoms with Gasteiger partial charge in [0.1, 0.15) is 5.52 Å². The highest BCUT2D eigenvalue weighted by Crippen LogP contribution is 2.28. The zero-order valence-corrected chi connectivity index (χ0v) is 12.7. The van der Waals surface area contributed by atoms with Crippen molar-refractivity contribution < 1.29 is 9.84 Å². The van der Waals surface area contributed by atoms with Gasteiger partial charge < -0.3 is 14.7 Å². The van der Waals surface area contributed by atoms with Crippen molar-refractivity contribution in [1.29, 1.82) is 0 Å². The van der Waals surface area contributed by atoms with E-state index in [1.54, 1.807) is 12.4 Å². The highest BCUT2D eigenvalue weighted by atomic mass is 79.9. The van der Waals surface area contributed by atoms with Gasteiger partial charge in [-0.15, -0.1) is 0 Å². The SMILES string of the molecule is CC1COC(CO)CN1c1ccnc2cc(Br)cnc12. The summed E-state index contributed by atoms with van der Waals surface area (Å²) in [6.45, 7) is 3.41. The lowest BCUT2D eigenvalue weighted by atomic mass is 10.1. The Kier molecular flexibility index (Phi) is 3.87. The first kappa shape index (κ1) is 13.7. The van der Waals surface area contributed by atoms with Crippen molar-refractivity contribution in [3.8, 4) is 0 Å². The molecule has 1 fully saturated rings. The topological polar surface area (TPSA) is 58.5 Å². The van der Waals surface area contributed by atoms with Gasteiger partial charge in [-0.3, -0.25) is 9.97 Å². The number of morpholine rings is 1. The molecule has 2 unspecified atom stereocenters. The van der Waals surface area contributed by atoms with Gasteiger partial charge in [-0.05, 0) is 35.0 Å². The van der Waals surface area contributed by atoms with Gasteiger partial charge in [0, 0.05) is 29.5 Å². The van der Waals surface area contributed by atoms with Gasteiger partial charge in [0.2, 0.25) is 0 Å². The number of rotatable bonds is 2. The predicted molar refractivity (Wildman–Crippen MR) is 80.9 cm³/mol. The summed E-state index contributed by atoms with van der Waals surface area (Å²) in [6.07, 6.45) is 3.43. The van der Waals surface area contributed by atoms with E-state index in [9.17, 15) is 5.11 Å². The van der Waals surface area contributed by atoms with Gasteiger partial charge in [-0.2, -0.15) is 0 Å². The van der Waals surface area contributed by atoms with E-state index in [1.807, 2.05) is 12.1 Å². The molecule has 2 aromatic heterocycles. The summed E-state index contributed by atoms with van der Waals surface area (Å²) in [4.78, 5) is 11.1. The van der Waals surface area contributed by atoms with Crippen LogP contribution in [0.4, 0.5) is 5.69 Å². The van der Waals surface area contributed by atoms with Crippen molar-refractivity contribution in [3.05, 3.63) is 29.0 Å². The van der Waals surface area contributed by atoms with E-state index in [-0.39, 0.29) is 18.8 Å². The van der Waals surface area contributed by atoms with E-state index in [2.05, 4.69) is 37.7 Å². The molecule has 1 saturated heterocycles. The maximum Gasteiger partial charge on any atom is 0.112 e. The molecule has 1 N–H and O–H groups in total. The Labute approximate surface area is 125 Å². The van der Waals surface area contributed by atoms with Crippen LogP contribution in [-0.2, 0) is 4.74 Å². The third kappa shape index (κ3) is 2.51. The van der Waals surface area contributed by atoms with E-state index >= 15 is 0 Å². The van der Waals surface area contributed by atoms with Crippen molar-refractivity contribution in [2.45, 2.75) is 19.1 Å². The Bertz CT molecular complexity index is 622. The van der Waals surface area contributed by atoms with Crippen LogP contribution in [0.3, 0.4) is 0 Å². The normalized spacial score (nSPS) is 23.2. The molecule has 1 aliphatic rings. The molecule has 0 amide bonds. The first-order valence-electron chi connectivity index (χ1n) is 6.58. The number of aliphatic hydroxyl groups is 1. The van der Waals surface area contributed by atoms with Gasteiger partial charge in [-0.25, -0.2) is 0 Å². The molecule has 0 radical (unpaired) electrons. The number of nitrogens with zero attached hydrogens (tertiary/aromatic N) is 3. The van der Waals surface area contributed by atoms with Crippen LogP contribution in [0.2, 0.25) is 0 Å². The fourth-order valence-corrected chi connectivity index (χ4v) is 2.81. The lowest BCUT2D eigenvalue weighted by Crippen LogP contribution is -2.49. The monoisotopic (exact) mass is 337 g/mol. The molecule has 5 nitrogen and oxygen atoms in total. The number of fused-ring (bicyclic) bond motifs is 1. The Balaban J connectivity index is 2.04. The van der Waals surface area contributed by atoms with Crippen LogP contribution >= 0.6 is 15.9 Å². The Hall–Kier alpha value is -1.24. The second kappa shape index (κ2) is 5.63. The average molecular weight is 338 g/mol. The van der Waals surface area contributed by atoms with Crippen LogP contribution < -0.4 is 4.90 Å². The summed E-state index contributed by atoms with van der Waals surface area (Å²) >= 11 is 3.42. The van der Waals surface area contributed by atoms with Crippen molar-refractivity contribution >= 4 is 32.7 Å². The number of aliphatic hydroxyl groups excluding tert-OH is 1. The lowest BCUT2D eigenvalue weighted by molar-refractivity contribution is -0.0102. The quantitative estimate of drug-likeness (QED) is 0.907. The standard InChI is InChI=1S/C14H16BrN3O2/c1-9-8-20-11(7-19)6-18(9)13-2-3-16-12-4-10(15)5-17-14(12)13/h2-5,9,11,19H,6-8H2,1H3.